The van der Waals surface area contributed by atoms with Crippen LogP contribution in [0, 0.1) is 5.82 Å². The van der Waals surface area contributed by atoms with Gasteiger partial charge in [0, 0.05) is 22.5 Å². The van der Waals surface area contributed by atoms with Crippen molar-refractivity contribution in [2.24, 2.45) is 0 Å². The van der Waals surface area contributed by atoms with Crippen LogP contribution in [-0.2, 0) is 6.54 Å². The number of rotatable bonds is 4. The predicted octanol–water partition coefficient (Wildman–Crippen LogP) is 5.81. The number of hydrogen-bond acceptors (Lipinski definition) is 2. The maximum absolute atomic E-state index is 13.5. The molecule has 1 N–H and O–H groups in total. The monoisotopic (exact) mass is 381 g/mol. The molecule has 0 amide bonds. The zero-order chi connectivity index (χ0) is 14.0. The highest BCUT2D eigenvalue weighted by Crippen LogP contribution is 2.29. The smallest absolute Gasteiger partial charge is 0.142 e. The van der Waals surface area contributed by atoms with E-state index < -0.39 is 5.82 Å². The maximum Gasteiger partial charge on any atom is 0.142 e. The first-order valence-electron chi connectivity index (χ1n) is 5.59. The Kier molecular flexibility index (Phi) is 5.26. The topological polar surface area (TPSA) is 12.0 Å². The molecule has 0 saturated carbocycles. The highest BCUT2D eigenvalue weighted by Gasteiger charge is 2.13. The van der Waals surface area contributed by atoms with Crippen molar-refractivity contribution >= 4 is 50.5 Å². The van der Waals surface area contributed by atoms with Crippen LogP contribution < -0.4 is 5.32 Å². The molecule has 1 aromatic carbocycles. The minimum Gasteiger partial charge on any atom is -0.305 e. The SMILES string of the molecule is CC(NCc1ccc(Br)s1)c1cc(F)c(Cl)cc1Cl. The van der Waals surface area contributed by atoms with Crippen molar-refractivity contribution in [2.45, 2.75) is 19.5 Å². The van der Waals surface area contributed by atoms with Crippen LogP contribution in [0.4, 0.5) is 4.39 Å². The van der Waals surface area contributed by atoms with E-state index in [-0.39, 0.29) is 11.1 Å². The van der Waals surface area contributed by atoms with Crippen LogP contribution in [0.1, 0.15) is 23.4 Å². The lowest BCUT2D eigenvalue weighted by atomic mass is 10.1. The van der Waals surface area contributed by atoms with Gasteiger partial charge in [-0.25, -0.2) is 4.39 Å². The molecule has 0 saturated heterocycles. The van der Waals surface area contributed by atoms with Crippen LogP contribution in [0.15, 0.2) is 28.1 Å². The summed E-state index contributed by atoms with van der Waals surface area (Å²) in [4.78, 5) is 1.20. The minimum absolute atomic E-state index is 0.0446. The lowest BCUT2D eigenvalue weighted by Gasteiger charge is -2.15. The lowest BCUT2D eigenvalue weighted by molar-refractivity contribution is 0.568. The second-order valence-electron chi connectivity index (χ2n) is 4.10. The van der Waals surface area contributed by atoms with Crippen LogP contribution in [-0.4, -0.2) is 0 Å². The van der Waals surface area contributed by atoms with Gasteiger partial charge in [-0.2, -0.15) is 0 Å². The average Bonchev–Trinajstić information content (AvgIpc) is 2.77. The molecule has 0 bridgehead atoms. The fourth-order valence-electron chi connectivity index (χ4n) is 1.68. The molecule has 1 aromatic heterocycles. The van der Waals surface area contributed by atoms with E-state index in [4.69, 9.17) is 23.2 Å². The number of thiophene rings is 1. The maximum atomic E-state index is 13.5. The van der Waals surface area contributed by atoms with E-state index >= 15 is 0 Å². The Balaban J connectivity index is 2.07. The Hall–Kier alpha value is -0.130. The van der Waals surface area contributed by atoms with Crippen LogP contribution in [0.5, 0.6) is 0 Å². The van der Waals surface area contributed by atoms with Crippen LogP contribution >= 0.6 is 50.5 Å². The van der Waals surface area contributed by atoms with Crippen molar-refractivity contribution in [1.82, 2.24) is 5.32 Å². The van der Waals surface area contributed by atoms with Gasteiger partial charge in [-0.15, -0.1) is 11.3 Å². The Labute approximate surface area is 133 Å². The van der Waals surface area contributed by atoms with Crippen molar-refractivity contribution in [1.29, 1.82) is 0 Å². The van der Waals surface area contributed by atoms with E-state index in [2.05, 4.69) is 21.2 Å². The summed E-state index contributed by atoms with van der Waals surface area (Å²) >= 11 is 16.8. The molecule has 2 rings (SSSR count). The number of hydrogen-bond donors (Lipinski definition) is 1. The quantitative estimate of drug-likeness (QED) is 0.658. The molecule has 0 radical (unpaired) electrons. The Morgan fingerprint density at radius 2 is 2.05 bits per heavy atom. The Morgan fingerprint density at radius 3 is 2.68 bits per heavy atom. The first-order chi connectivity index (χ1) is 8.97. The van der Waals surface area contributed by atoms with Crippen LogP contribution in [0.3, 0.4) is 0 Å². The van der Waals surface area contributed by atoms with Crippen molar-refractivity contribution in [3.8, 4) is 0 Å². The Morgan fingerprint density at radius 1 is 1.32 bits per heavy atom. The van der Waals surface area contributed by atoms with Gasteiger partial charge in [-0.3, -0.25) is 0 Å². The molecule has 0 aliphatic heterocycles. The predicted molar refractivity (Wildman–Crippen MR) is 83.7 cm³/mol. The molecule has 6 heteroatoms. The fraction of sp³-hybridized carbons (Fsp3) is 0.231. The van der Waals surface area contributed by atoms with Crippen molar-refractivity contribution in [3.63, 3.8) is 0 Å². The van der Waals surface area contributed by atoms with Gasteiger partial charge in [0.15, 0.2) is 0 Å². The van der Waals surface area contributed by atoms with Gasteiger partial charge in [-0.1, -0.05) is 23.2 Å². The third kappa shape index (κ3) is 3.92. The second kappa shape index (κ2) is 6.55. The standard InChI is InChI=1S/C13H11BrCl2FNS/c1-7(18-6-8-2-3-13(14)19-8)9-4-12(17)11(16)5-10(9)15/h2-5,7,18H,6H2,1H3. The number of benzene rings is 1. The van der Waals surface area contributed by atoms with Crippen molar-refractivity contribution in [3.05, 3.63) is 54.4 Å². The van der Waals surface area contributed by atoms with E-state index in [9.17, 15) is 4.39 Å². The minimum atomic E-state index is -0.450. The van der Waals surface area contributed by atoms with E-state index in [0.717, 1.165) is 3.79 Å². The second-order valence-corrected chi connectivity index (χ2v) is 7.46. The Bertz CT molecular complexity index is 588. The molecule has 1 heterocycles. The normalized spacial score (nSPS) is 12.7. The van der Waals surface area contributed by atoms with Crippen LogP contribution in [0.2, 0.25) is 10.0 Å². The molecule has 19 heavy (non-hydrogen) atoms. The fourth-order valence-corrected chi connectivity index (χ4v) is 3.66. The van der Waals surface area contributed by atoms with Crippen molar-refractivity contribution < 1.29 is 4.39 Å². The highest BCUT2D eigenvalue weighted by atomic mass is 79.9. The summed E-state index contributed by atoms with van der Waals surface area (Å²) in [6.07, 6.45) is 0. The molecule has 0 fully saturated rings. The van der Waals surface area contributed by atoms with E-state index in [1.54, 1.807) is 11.3 Å². The molecule has 2 aromatic rings. The van der Waals surface area contributed by atoms with E-state index in [0.29, 0.717) is 17.1 Å². The molecule has 1 nitrogen and oxygen atoms in total. The van der Waals surface area contributed by atoms with Gasteiger partial charge in [-0.05, 0) is 52.7 Å². The van der Waals surface area contributed by atoms with Gasteiger partial charge >= 0.3 is 0 Å². The molecule has 0 aliphatic carbocycles. The van der Waals surface area contributed by atoms with Gasteiger partial charge < -0.3 is 5.32 Å². The lowest BCUT2D eigenvalue weighted by Crippen LogP contribution is -2.18. The summed E-state index contributed by atoms with van der Waals surface area (Å²) in [5, 5.41) is 3.83. The van der Waals surface area contributed by atoms with Gasteiger partial charge in [0.05, 0.1) is 8.81 Å². The third-order valence-electron chi connectivity index (χ3n) is 2.72. The largest absolute Gasteiger partial charge is 0.305 e. The number of halogens is 4. The molecular formula is C13H11BrCl2FNS. The molecule has 0 spiro atoms. The van der Waals surface area contributed by atoms with E-state index in [1.807, 2.05) is 19.1 Å². The molecule has 1 atom stereocenters. The summed E-state index contributed by atoms with van der Waals surface area (Å²) in [7, 11) is 0. The van der Waals surface area contributed by atoms with Gasteiger partial charge in [0.1, 0.15) is 5.82 Å². The average molecular weight is 383 g/mol. The zero-order valence-corrected chi connectivity index (χ0v) is 13.9. The summed E-state index contributed by atoms with van der Waals surface area (Å²) in [6, 6.07) is 6.81. The summed E-state index contributed by atoms with van der Waals surface area (Å²) in [6.45, 7) is 2.65. The zero-order valence-electron chi connectivity index (χ0n) is 10.0. The van der Waals surface area contributed by atoms with Gasteiger partial charge in [0.25, 0.3) is 0 Å². The molecule has 0 aliphatic rings. The third-order valence-corrected chi connectivity index (χ3v) is 4.96. The van der Waals surface area contributed by atoms with Crippen molar-refractivity contribution in [2.75, 3.05) is 0 Å². The summed E-state index contributed by atoms with van der Waals surface area (Å²) in [5.74, 6) is -0.450. The number of nitrogens with one attached hydrogen (secondary N) is 1. The van der Waals surface area contributed by atoms with E-state index in [1.165, 1.54) is 17.0 Å². The molecule has 1 unspecified atom stereocenters. The first-order valence-corrected chi connectivity index (χ1v) is 7.96. The molecule has 102 valence electrons. The summed E-state index contributed by atoms with van der Waals surface area (Å²) in [5.41, 5.74) is 0.708. The van der Waals surface area contributed by atoms with Crippen LogP contribution in [0.25, 0.3) is 0 Å². The highest BCUT2D eigenvalue weighted by molar-refractivity contribution is 9.11. The first kappa shape index (κ1) is 15.3. The summed E-state index contributed by atoms with van der Waals surface area (Å²) < 4.78 is 14.6. The molecular weight excluding hydrogens is 372 g/mol. The van der Waals surface area contributed by atoms with Gasteiger partial charge in [0.2, 0.25) is 0 Å².